The lowest BCUT2D eigenvalue weighted by Crippen LogP contribution is -1.91. The maximum atomic E-state index is 10.6. The van der Waals surface area contributed by atoms with Crippen LogP contribution in [-0.4, -0.2) is 20.2 Å². The van der Waals surface area contributed by atoms with Gasteiger partial charge in [0.1, 0.15) is 0 Å². The van der Waals surface area contributed by atoms with Crippen LogP contribution in [0.15, 0.2) is 22.3 Å². The van der Waals surface area contributed by atoms with E-state index in [1.54, 1.807) is 25.0 Å². The molecule has 0 aromatic heterocycles. The van der Waals surface area contributed by atoms with Crippen molar-refractivity contribution in [2.75, 3.05) is 14.2 Å². The van der Waals surface area contributed by atoms with E-state index < -0.39 is 11.2 Å². The molecule has 5 heteroatoms. The molecule has 1 heterocycles. The molecule has 13 heavy (non-hydrogen) atoms. The average Bonchev–Trinajstić information content (AvgIpc) is 2.45. The van der Waals surface area contributed by atoms with Gasteiger partial charge in [-0.05, 0) is 0 Å². The van der Waals surface area contributed by atoms with Crippen LogP contribution in [0.5, 0.6) is 0 Å². The van der Waals surface area contributed by atoms with E-state index in [1.165, 1.54) is 6.92 Å². The summed E-state index contributed by atoms with van der Waals surface area (Å²) in [5, 5.41) is 3.49. The zero-order chi connectivity index (χ0) is 9.84. The van der Waals surface area contributed by atoms with E-state index in [1.807, 2.05) is 0 Å². The Balaban J connectivity index is 2.68. The minimum Gasteiger partial charge on any atom is -0.492 e. The first-order chi connectivity index (χ1) is 6.17. The number of hydrogen-bond acceptors (Lipinski definition) is 4. The van der Waals surface area contributed by atoms with E-state index in [0.29, 0.717) is 11.5 Å². The summed E-state index contributed by atoms with van der Waals surface area (Å²) in [6.45, 7) is 1.38. The van der Waals surface area contributed by atoms with Crippen LogP contribution in [0.2, 0.25) is 0 Å². The standard InChI is InChI=1S/C8H12O4S/c1-6(9)12-13-4-7(10-2)8(5-13)11-3/h4-5,13H,1-3H3. The van der Waals surface area contributed by atoms with Crippen molar-refractivity contribution in [2.45, 2.75) is 6.92 Å². The van der Waals surface area contributed by atoms with E-state index in [0.717, 1.165) is 0 Å². The van der Waals surface area contributed by atoms with Crippen LogP contribution in [0.3, 0.4) is 0 Å². The maximum Gasteiger partial charge on any atom is 0.313 e. The third-order valence-electron chi connectivity index (χ3n) is 1.41. The molecular weight excluding hydrogens is 192 g/mol. The van der Waals surface area contributed by atoms with Crippen LogP contribution in [0.25, 0.3) is 0 Å². The second-order valence-electron chi connectivity index (χ2n) is 2.34. The summed E-state index contributed by atoms with van der Waals surface area (Å²) >= 11 is -0.998. The smallest absolute Gasteiger partial charge is 0.313 e. The fourth-order valence-corrected chi connectivity index (χ4v) is 2.31. The summed E-state index contributed by atoms with van der Waals surface area (Å²) < 4.78 is 15.0. The number of ether oxygens (including phenoxy) is 2. The molecule has 0 bridgehead atoms. The van der Waals surface area contributed by atoms with Gasteiger partial charge in [-0.25, -0.2) is 0 Å². The predicted molar refractivity (Wildman–Crippen MR) is 50.9 cm³/mol. The highest BCUT2D eigenvalue weighted by Gasteiger charge is 2.18. The fraction of sp³-hybridized carbons (Fsp3) is 0.375. The minimum absolute atomic E-state index is 0.300. The first-order valence-electron chi connectivity index (χ1n) is 3.66. The van der Waals surface area contributed by atoms with Gasteiger partial charge in [0.25, 0.3) is 0 Å². The number of hydrogen-bond donors (Lipinski definition) is 1. The molecular formula is C8H12O4S. The van der Waals surface area contributed by atoms with E-state index in [4.69, 9.17) is 13.7 Å². The van der Waals surface area contributed by atoms with Crippen molar-refractivity contribution >= 4 is 17.1 Å². The number of rotatable bonds is 3. The highest BCUT2D eigenvalue weighted by Crippen LogP contribution is 2.41. The third-order valence-corrected chi connectivity index (χ3v) is 2.85. The first kappa shape index (κ1) is 9.98. The van der Waals surface area contributed by atoms with Gasteiger partial charge in [0, 0.05) is 17.7 Å². The SMILES string of the molecule is COC1=C[SH](OC(C)=O)C=C1OC. The van der Waals surface area contributed by atoms with Crippen molar-refractivity contribution < 1.29 is 18.5 Å². The molecule has 1 rings (SSSR count). The lowest BCUT2D eigenvalue weighted by atomic mass is 10.5. The average molecular weight is 204 g/mol. The van der Waals surface area contributed by atoms with E-state index in [9.17, 15) is 4.79 Å². The largest absolute Gasteiger partial charge is 0.492 e. The third kappa shape index (κ3) is 2.42. The quantitative estimate of drug-likeness (QED) is 0.707. The second kappa shape index (κ2) is 4.23. The molecule has 0 saturated carbocycles. The van der Waals surface area contributed by atoms with Crippen LogP contribution >= 0.6 is 11.2 Å². The molecule has 0 aliphatic carbocycles. The van der Waals surface area contributed by atoms with Crippen LogP contribution in [0.1, 0.15) is 6.92 Å². The van der Waals surface area contributed by atoms with E-state index in [-0.39, 0.29) is 5.97 Å². The van der Waals surface area contributed by atoms with Crippen molar-refractivity contribution in [3.63, 3.8) is 0 Å². The van der Waals surface area contributed by atoms with Crippen molar-refractivity contribution in [1.82, 2.24) is 0 Å². The van der Waals surface area contributed by atoms with Crippen molar-refractivity contribution in [3.8, 4) is 0 Å². The molecule has 0 N–H and O–H groups in total. The Hall–Kier alpha value is -1.10. The summed E-state index contributed by atoms with van der Waals surface area (Å²) in [5.74, 6) is 0.941. The summed E-state index contributed by atoms with van der Waals surface area (Å²) in [5.41, 5.74) is 0. The molecule has 1 aliphatic heterocycles. The van der Waals surface area contributed by atoms with Gasteiger partial charge in [0.15, 0.2) is 11.5 Å². The Labute approximate surface area is 79.7 Å². The first-order valence-corrected chi connectivity index (χ1v) is 5.06. The Morgan fingerprint density at radius 3 is 2.00 bits per heavy atom. The van der Waals surface area contributed by atoms with Gasteiger partial charge in [-0.3, -0.25) is 4.79 Å². The summed E-state index contributed by atoms with van der Waals surface area (Å²) in [4.78, 5) is 10.6. The predicted octanol–water partition coefficient (Wildman–Crippen LogP) is 1.45. The Bertz CT molecular complexity index is 249. The maximum absolute atomic E-state index is 10.6. The zero-order valence-corrected chi connectivity index (χ0v) is 8.63. The van der Waals surface area contributed by atoms with Gasteiger partial charge in [0.2, 0.25) is 0 Å². The van der Waals surface area contributed by atoms with Crippen molar-refractivity contribution in [2.24, 2.45) is 0 Å². The van der Waals surface area contributed by atoms with Gasteiger partial charge < -0.3 is 13.7 Å². The topological polar surface area (TPSA) is 44.8 Å². The molecule has 0 fully saturated rings. The highest BCUT2D eigenvalue weighted by atomic mass is 32.2. The molecule has 4 nitrogen and oxygen atoms in total. The molecule has 0 saturated heterocycles. The van der Waals surface area contributed by atoms with Crippen molar-refractivity contribution in [3.05, 3.63) is 22.3 Å². The lowest BCUT2D eigenvalue weighted by Gasteiger charge is -2.07. The highest BCUT2D eigenvalue weighted by molar-refractivity contribution is 8.18. The Morgan fingerprint density at radius 2 is 1.69 bits per heavy atom. The number of carbonyl (C=O) groups excluding carboxylic acids is 1. The van der Waals surface area contributed by atoms with Crippen molar-refractivity contribution in [1.29, 1.82) is 0 Å². The molecule has 0 atom stereocenters. The number of carbonyl (C=O) groups is 1. The number of thiol groups is 1. The van der Waals surface area contributed by atoms with E-state index in [2.05, 4.69) is 0 Å². The molecule has 0 aromatic carbocycles. The normalized spacial score (nSPS) is 17.6. The summed E-state index contributed by atoms with van der Waals surface area (Å²) in [6, 6.07) is 0. The Kier molecular flexibility index (Phi) is 3.25. The number of methoxy groups -OCH3 is 2. The summed E-state index contributed by atoms with van der Waals surface area (Å²) in [7, 11) is 3.09. The van der Waals surface area contributed by atoms with Crippen LogP contribution in [0, 0.1) is 0 Å². The molecule has 0 spiro atoms. The molecule has 1 aliphatic rings. The summed E-state index contributed by atoms with van der Waals surface area (Å²) in [6.07, 6.45) is 0. The van der Waals surface area contributed by atoms with Gasteiger partial charge in [0.05, 0.1) is 14.2 Å². The minimum atomic E-state index is -0.998. The zero-order valence-electron chi connectivity index (χ0n) is 7.73. The Morgan fingerprint density at radius 1 is 1.23 bits per heavy atom. The van der Waals surface area contributed by atoms with Gasteiger partial charge in [-0.2, -0.15) is 0 Å². The second-order valence-corrected chi connectivity index (χ2v) is 3.76. The molecule has 0 radical (unpaired) electrons. The fourth-order valence-electron chi connectivity index (χ4n) is 0.903. The molecule has 0 aromatic rings. The van der Waals surface area contributed by atoms with Crippen LogP contribution in [-0.2, 0) is 18.5 Å². The van der Waals surface area contributed by atoms with Crippen LogP contribution in [0.4, 0.5) is 0 Å². The van der Waals surface area contributed by atoms with Gasteiger partial charge >= 0.3 is 5.97 Å². The molecule has 0 unspecified atom stereocenters. The monoisotopic (exact) mass is 204 g/mol. The van der Waals surface area contributed by atoms with Gasteiger partial charge in [-0.15, -0.1) is 0 Å². The van der Waals surface area contributed by atoms with Gasteiger partial charge in [-0.1, -0.05) is 11.2 Å². The molecule has 74 valence electrons. The van der Waals surface area contributed by atoms with E-state index >= 15 is 0 Å². The lowest BCUT2D eigenvalue weighted by molar-refractivity contribution is -0.130. The van der Waals surface area contributed by atoms with Crippen LogP contribution < -0.4 is 0 Å². The molecule has 0 amide bonds.